The third-order valence-corrected chi connectivity index (χ3v) is 7.46. The van der Waals surface area contributed by atoms with Gasteiger partial charge in [-0.05, 0) is 22.9 Å². The summed E-state index contributed by atoms with van der Waals surface area (Å²) in [4.78, 5) is 51.1. The molecule has 6 atom stereocenters. The number of azide groups is 1. The second-order valence-corrected chi connectivity index (χ2v) is 10.3. The minimum Gasteiger partial charge on any atom is -0.385 e. The molecule has 1 saturated heterocycles. The van der Waals surface area contributed by atoms with E-state index in [1.54, 1.807) is 0 Å². The van der Waals surface area contributed by atoms with E-state index in [-0.39, 0.29) is 0 Å². The number of aliphatic hydroxyl groups is 2. The van der Waals surface area contributed by atoms with E-state index in [1.165, 1.54) is 0 Å². The summed E-state index contributed by atoms with van der Waals surface area (Å²) in [5, 5.41) is 23.1. The molecule has 24 heteroatoms. The fourth-order valence-corrected chi connectivity index (χ4v) is 5.66. The first-order valence-corrected chi connectivity index (χ1v) is 12.3. The number of hydrogen-bond donors (Lipinski definition) is 7. The average molecular weight is 545 g/mol. The van der Waals surface area contributed by atoms with Gasteiger partial charge >= 0.3 is 23.5 Å². The van der Waals surface area contributed by atoms with Gasteiger partial charge in [-0.25, -0.2) is 18.2 Å². The Labute approximate surface area is 178 Å². The molecule has 0 saturated carbocycles. The molecule has 1 aliphatic rings. The Hall–Kier alpha value is -1.37. The van der Waals surface area contributed by atoms with Crippen molar-refractivity contribution in [2.24, 2.45) is 5.11 Å². The minimum atomic E-state index is -6.07. The topological polar surface area (TPSA) is 296 Å². The quantitative estimate of drug-likeness (QED) is 0.0719. The van der Waals surface area contributed by atoms with Crippen molar-refractivity contribution in [3.05, 3.63) is 37.6 Å². The van der Waals surface area contributed by atoms with Crippen LogP contribution in [0.5, 0.6) is 0 Å². The van der Waals surface area contributed by atoms with Gasteiger partial charge in [-0.2, -0.15) is 13.0 Å². The zero-order valence-corrected chi connectivity index (χ0v) is 18.2. The van der Waals surface area contributed by atoms with Crippen molar-refractivity contribution in [1.82, 2.24) is 9.55 Å². The van der Waals surface area contributed by atoms with Crippen LogP contribution < -0.4 is 5.56 Å². The smallest absolute Gasteiger partial charge is 0.385 e. The lowest BCUT2D eigenvalue weighted by molar-refractivity contribution is -0.222. The van der Waals surface area contributed by atoms with Crippen molar-refractivity contribution in [2.75, 3.05) is 0 Å². The van der Waals surface area contributed by atoms with Crippen molar-refractivity contribution in [2.45, 2.75) is 24.3 Å². The van der Waals surface area contributed by atoms with Gasteiger partial charge in [0.05, 0.1) is 6.20 Å². The fourth-order valence-electron chi connectivity index (χ4n) is 2.26. The highest BCUT2D eigenvalue weighted by Gasteiger charge is 2.60. The summed E-state index contributed by atoms with van der Waals surface area (Å²) in [5.41, 5.74) is 7.41. The molecule has 32 heavy (non-hydrogen) atoms. The summed E-state index contributed by atoms with van der Waals surface area (Å²) in [7, 11) is -17.8. The van der Waals surface area contributed by atoms with Gasteiger partial charge in [-0.3, -0.25) is 14.3 Å². The standard InChI is InChI=1S/C8H11FN5O14P3S/c9-2-1-14(7(32)11-5(2)17)6-3(15)4(16)8(25-6,12-13-10)26-30(21,22)28-31(23,24)27-29(18,19)20/h1,3-4,6,15-16H,(H,21,22)(H,23,24)(H,11,17,32)(H2,18,19,20)/t3?,4-,6-,8+/m1/s1. The number of phosphoric ester groups is 1. The molecule has 2 rings (SSSR count). The maximum atomic E-state index is 13.6. The lowest BCUT2D eigenvalue weighted by Gasteiger charge is -2.28. The Morgan fingerprint density at radius 3 is 2.38 bits per heavy atom. The van der Waals surface area contributed by atoms with Gasteiger partial charge in [0.1, 0.15) is 12.2 Å². The molecule has 1 aliphatic heterocycles. The summed E-state index contributed by atoms with van der Waals surface area (Å²) >= 11 is 4.73. The zero-order valence-electron chi connectivity index (χ0n) is 14.7. The van der Waals surface area contributed by atoms with E-state index < -0.39 is 64.0 Å². The maximum absolute atomic E-state index is 13.6. The summed E-state index contributed by atoms with van der Waals surface area (Å²) in [5.74, 6) is -4.88. The molecule has 1 fully saturated rings. The number of aliphatic hydroxyl groups excluding tert-OH is 2. The largest absolute Gasteiger partial charge is 0.490 e. The van der Waals surface area contributed by atoms with Crippen LogP contribution in [0, 0.1) is 10.6 Å². The number of nitrogens with zero attached hydrogens (tertiary/aromatic N) is 4. The zero-order chi connectivity index (χ0) is 24.7. The van der Waals surface area contributed by atoms with Crippen molar-refractivity contribution in [1.29, 1.82) is 0 Å². The molecule has 1 aromatic heterocycles. The average Bonchev–Trinajstić information content (AvgIpc) is 2.80. The number of rotatable bonds is 8. The number of aromatic amines is 1. The lowest BCUT2D eigenvalue weighted by atomic mass is 10.2. The van der Waals surface area contributed by atoms with Crippen LogP contribution in [-0.2, 0) is 31.6 Å². The second kappa shape index (κ2) is 9.11. The molecule has 0 bridgehead atoms. The normalized spacial score (nSPS) is 29.7. The summed E-state index contributed by atoms with van der Waals surface area (Å²) in [6, 6.07) is 0. The Balaban J connectivity index is 2.44. The first-order chi connectivity index (χ1) is 14.4. The van der Waals surface area contributed by atoms with Gasteiger partial charge in [0.15, 0.2) is 11.0 Å². The van der Waals surface area contributed by atoms with Crippen LogP contribution in [0.15, 0.2) is 16.1 Å². The molecule has 2 heterocycles. The van der Waals surface area contributed by atoms with Gasteiger partial charge < -0.3 is 34.5 Å². The number of aromatic nitrogens is 2. The van der Waals surface area contributed by atoms with Crippen LogP contribution in [-0.4, -0.2) is 57.5 Å². The van der Waals surface area contributed by atoms with E-state index in [1.807, 2.05) is 4.98 Å². The van der Waals surface area contributed by atoms with Crippen molar-refractivity contribution >= 4 is 35.7 Å². The van der Waals surface area contributed by atoms with Crippen molar-refractivity contribution in [3.8, 4) is 0 Å². The number of nitrogens with one attached hydrogen (secondary N) is 1. The van der Waals surface area contributed by atoms with Crippen LogP contribution >= 0.6 is 35.7 Å². The summed E-state index contributed by atoms with van der Waals surface area (Å²) in [6.07, 6.45) is -6.53. The highest BCUT2D eigenvalue weighted by molar-refractivity contribution is 7.71. The molecule has 0 aromatic carbocycles. The third kappa shape index (κ3) is 6.15. The van der Waals surface area contributed by atoms with Crippen LogP contribution in [0.1, 0.15) is 6.23 Å². The number of ether oxygens (including phenoxy) is 1. The van der Waals surface area contributed by atoms with E-state index in [0.29, 0.717) is 10.8 Å². The summed E-state index contributed by atoms with van der Waals surface area (Å²) in [6.45, 7) is 0. The number of H-pyrrole nitrogens is 1. The monoisotopic (exact) mass is 545 g/mol. The number of hydrogen-bond acceptors (Lipinski definition) is 12. The van der Waals surface area contributed by atoms with E-state index >= 15 is 0 Å². The molecule has 0 radical (unpaired) electrons. The van der Waals surface area contributed by atoms with E-state index in [4.69, 9.17) is 32.3 Å². The predicted octanol–water partition coefficient (Wildman–Crippen LogP) is -0.397. The molecule has 0 aliphatic carbocycles. The lowest BCUT2D eigenvalue weighted by Crippen LogP contribution is -2.43. The van der Waals surface area contributed by atoms with Crippen molar-refractivity contribution in [3.63, 3.8) is 0 Å². The van der Waals surface area contributed by atoms with Gasteiger partial charge in [0, 0.05) is 4.91 Å². The Morgan fingerprint density at radius 2 is 1.84 bits per heavy atom. The minimum absolute atomic E-state index is 0.388. The van der Waals surface area contributed by atoms with Crippen LogP contribution in [0.25, 0.3) is 10.4 Å². The molecule has 0 spiro atoms. The first kappa shape index (κ1) is 26.9. The molecule has 1 aromatic rings. The first-order valence-electron chi connectivity index (χ1n) is 7.38. The Bertz CT molecular complexity index is 1210. The molecule has 19 nitrogen and oxygen atoms in total. The van der Waals surface area contributed by atoms with Crippen LogP contribution in [0.3, 0.4) is 0 Å². The predicted molar refractivity (Wildman–Crippen MR) is 94.8 cm³/mol. The molecular formula is C8H11FN5O14P3S. The number of halogens is 1. The van der Waals surface area contributed by atoms with E-state index in [0.717, 1.165) is 0 Å². The molecule has 3 unspecified atom stereocenters. The molecular weight excluding hydrogens is 534 g/mol. The highest BCUT2D eigenvalue weighted by Crippen LogP contribution is 2.67. The maximum Gasteiger partial charge on any atom is 0.490 e. The highest BCUT2D eigenvalue weighted by atomic mass is 32.1. The second-order valence-electron chi connectivity index (χ2n) is 5.59. The van der Waals surface area contributed by atoms with Crippen LogP contribution in [0.2, 0.25) is 0 Å². The van der Waals surface area contributed by atoms with E-state index in [2.05, 4.69) is 23.2 Å². The molecule has 180 valence electrons. The third-order valence-electron chi connectivity index (χ3n) is 3.32. The number of phosphoric acid groups is 3. The van der Waals surface area contributed by atoms with E-state index in [9.17, 15) is 42.9 Å². The fraction of sp³-hybridized carbons (Fsp3) is 0.500. The SMILES string of the molecule is [N-]=[N+]=N[C@]1(OP(=O)(O)OP(=O)(O)OP(=O)(O)O)O[C@@H](n2cc(F)c(=O)[nH]c2=S)C(O)[C@H]1O. The van der Waals surface area contributed by atoms with Gasteiger partial charge in [-0.15, -0.1) is 0 Å². The van der Waals surface area contributed by atoms with Crippen LogP contribution in [0.4, 0.5) is 4.39 Å². The molecule has 0 amide bonds. The van der Waals surface area contributed by atoms with Gasteiger partial charge in [0.2, 0.25) is 5.82 Å². The van der Waals surface area contributed by atoms with Gasteiger partial charge in [0.25, 0.3) is 11.5 Å². The van der Waals surface area contributed by atoms with Gasteiger partial charge in [-0.1, -0.05) is 0 Å². The Kier molecular flexibility index (Phi) is 7.65. The molecule has 7 N–H and O–H groups in total. The Morgan fingerprint density at radius 1 is 1.25 bits per heavy atom. The summed E-state index contributed by atoms with van der Waals surface area (Å²) < 4.78 is 63.7. The van der Waals surface area contributed by atoms with Crippen molar-refractivity contribution < 1.29 is 65.8 Å².